The summed E-state index contributed by atoms with van der Waals surface area (Å²) in [5.41, 5.74) is 5.98. The predicted molar refractivity (Wildman–Crippen MR) is 97.5 cm³/mol. The third-order valence-corrected chi connectivity index (χ3v) is 4.82. The Morgan fingerprint density at radius 2 is 1.96 bits per heavy atom. The summed E-state index contributed by atoms with van der Waals surface area (Å²) in [5.74, 6) is 0.620. The van der Waals surface area contributed by atoms with Crippen LogP contribution in [-0.2, 0) is 6.42 Å². The van der Waals surface area contributed by atoms with Gasteiger partial charge in [0, 0.05) is 16.3 Å². The predicted octanol–water partition coefficient (Wildman–Crippen LogP) is 6.00. The fraction of sp³-hybridized carbons (Fsp3) is 0.381. The van der Waals surface area contributed by atoms with Gasteiger partial charge in [0.05, 0.1) is 6.04 Å². The van der Waals surface area contributed by atoms with Crippen LogP contribution in [0.4, 0.5) is 0 Å². The molecule has 3 aromatic rings. The first-order valence-electron chi connectivity index (χ1n) is 8.60. The summed E-state index contributed by atoms with van der Waals surface area (Å²) in [7, 11) is 0. The monoisotopic (exact) mass is 305 g/mol. The van der Waals surface area contributed by atoms with E-state index in [1.54, 1.807) is 0 Å². The number of benzene rings is 2. The van der Waals surface area contributed by atoms with Gasteiger partial charge in [-0.05, 0) is 49.4 Å². The standard InChI is InChI=1S/C21H23NO/c1-13(2)12-15-6-4-7-16-17-10-9-14(3)19(18-8-5-11-22-18)21(17)23-20(15)16/h4,6-7,9-11,13,18H,5,8,12H2,1-3H3. The van der Waals surface area contributed by atoms with Gasteiger partial charge in [-0.3, -0.25) is 4.99 Å². The van der Waals surface area contributed by atoms with E-state index < -0.39 is 0 Å². The van der Waals surface area contributed by atoms with Crippen LogP contribution in [0.2, 0.25) is 0 Å². The van der Waals surface area contributed by atoms with Gasteiger partial charge in [-0.2, -0.15) is 0 Å². The van der Waals surface area contributed by atoms with E-state index in [4.69, 9.17) is 4.42 Å². The largest absolute Gasteiger partial charge is 0.455 e. The highest BCUT2D eigenvalue weighted by Gasteiger charge is 2.22. The maximum absolute atomic E-state index is 6.43. The molecule has 0 N–H and O–H groups in total. The van der Waals surface area contributed by atoms with Crippen LogP contribution < -0.4 is 0 Å². The van der Waals surface area contributed by atoms with Crippen LogP contribution in [0.15, 0.2) is 39.7 Å². The first-order chi connectivity index (χ1) is 11.1. The van der Waals surface area contributed by atoms with Gasteiger partial charge in [0.1, 0.15) is 11.2 Å². The van der Waals surface area contributed by atoms with Gasteiger partial charge in [0.2, 0.25) is 0 Å². The summed E-state index contributed by atoms with van der Waals surface area (Å²) in [6, 6.07) is 11.2. The SMILES string of the molecule is Cc1ccc2c(oc3c(CC(C)C)cccc32)c1C1CCC=N1. The van der Waals surface area contributed by atoms with Crippen LogP contribution in [0, 0.1) is 12.8 Å². The Morgan fingerprint density at radius 3 is 2.70 bits per heavy atom. The van der Waals surface area contributed by atoms with Gasteiger partial charge < -0.3 is 4.42 Å². The van der Waals surface area contributed by atoms with Crippen molar-refractivity contribution in [3.63, 3.8) is 0 Å². The van der Waals surface area contributed by atoms with Crippen LogP contribution in [0.25, 0.3) is 21.9 Å². The molecule has 2 heterocycles. The third-order valence-electron chi connectivity index (χ3n) is 4.82. The molecule has 118 valence electrons. The van der Waals surface area contributed by atoms with Crippen molar-refractivity contribution >= 4 is 28.2 Å². The lowest BCUT2D eigenvalue weighted by Gasteiger charge is -2.11. The van der Waals surface area contributed by atoms with Gasteiger partial charge in [-0.15, -0.1) is 0 Å². The minimum absolute atomic E-state index is 0.257. The van der Waals surface area contributed by atoms with E-state index in [9.17, 15) is 0 Å². The number of hydrogen-bond acceptors (Lipinski definition) is 2. The second-order valence-corrected chi connectivity index (χ2v) is 7.09. The molecule has 1 aliphatic rings. The number of para-hydroxylation sites is 1. The molecule has 0 fully saturated rings. The number of hydrogen-bond donors (Lipinski definition) is 0. The maximum Gasteiger partial charge on any atom is 0.141 e. The van der Waals surface area contributed by atoms with E-state index in [1.165, 1.54) is 27.5 Å². The van der Waals surface area contributed by atoms with Gasteiger partial charge >= 0.3 is 0 Å². The molecule has 0 bridgehead atoms. The van der Waals surface area contributed by atoms with E-state index in [1.807, 2.05) is 0 Å². The highest BCUT2D eigenvalue weighted by Crippen LogP contribution is 2.40. The maximum atomic E-state index is 6.43. The van der Waals surface area contributed by atoms with E-state index in [-0.39, 0.29) is 6.04 Å². The Balaban J connectivity index is 2.00. The summed E-state index contributed by atoms with van der Waals surface area (Å²) < 4.78 is 6.43. The average molecular weight is 305 g/mol. The summed E-state index contributed by atoms with van der Waals surface area (Å²) in [6.45, 7) is 6.68. The molecule has 4 rings (SSSR count). The molecule has 0 radical (unpaired) electrons. The summed E-state index contributed by atoms with van der Waals surface area (Å²) >= 11 is 0. The topological polar surface area (TPSA) is 25.5 Å². The molecule has 23 heavy (non-hydrogen) atoms. The molecule has 1 aromatic heterocycles. The molecule has 0 spiro atoms. The van der Waals surface area contributed by atoms with Crippen LogP contribution in [0.3, 0.4) is 0 Å². The molecule has 0 saturated heterocycles. The Morgan fingerprint density at radius 1 is 1.13 bits per heavy atom. The number of aliphatic imine (C=N–C) groups is 1. The zero-order chi connectivity index (χ0) is 16.0. The molecule has 2 heteroatoms. The van der Waals surface area contributed by atoms with Gasteiger partial charge in [0.15, 0.2) is 0 Å². The zero-order valence-corrected chi connectivity index (χ0v) is 14.1. The minimum Gasteiger partial charge on any atom is -0.455 e. The Kier molecular flexibility index (Phi) is 3.48. The van der Waals surface area contributed by atoms with Gasteiger partial charge in [-0.25, -0.2) is 0 Å². The number of furan rings is 1. The zero-order valence-electron chi connectivity index (χ0n) is 14.1. The Bertz CT molecular complexity index is 901. The van der Waals surface area contributed by atoms with Crippen molar-refractivity contribution in [2.24, 2.45) is 10.9 Å². The molecule has 0 aliphatic carbocycles. The van der Waals surface area contributed by atoms with Crippen LogP contribution in [0.5, 0.6) is 0 Å². The van der Waals surface area contributed by atoms with Crippen molar-refractivity contribution in [2.45, 2.75) is 46.1 Å². The fourth-order valence-corrected chi connectivity index (χ4v) is 3.78. The number of nitrogens with zero attached hydrogens (tertiary/aromatic N) is 1. The molecule has 2 nitrogen and oxygen atoms in total. The van der Waals surface area contributed by atoms with Crippen LogP contribution in [0.1, 0.15) is 49.4 Å². The smallest absolute Gasteiger partial charge is 0.141 e. The second kappa shape index (κ2) is 5.52. The van der Waals surface area contributed by atoms with Crippen molar-refractivity contribution in [2.75, 3.05) is 0 Å². The Labute approximate surface area is 137 Å². The summed E-state index contributed by atoms with van der Waals surface area (Å²) in [5, 5.41) is 2.47. The molecular formula is C21H23NO. The lowest BCUT2D eigenvalue weighted by atomic mass is 9.96. The van der Waals surface area contributed by atoms with E-state index in [0.717, 1.165) is 30.4 Å². The lowest BCUT2D eigenvalue weighted by molar-refractivity contribution is 0.615. The molecule has 2 aromatic carbocycles. The quantitative estimate of drug-likeness (QED) is 0.582. The fourth-order valence-electron chi connectivity index (χ4n) is 3.78. The summed E-state index contributed by atoms with van der Waals surface area (Å²) in [6.07, 6.45) is 5.26. The van der Waals surface area contributed by atoms with Crippen molar-refractivity contribution in [3.8, 4) is 0 Å². The molecular weight excluding hydrogens is 282 g/mol. The normalized spacial score (nSPS) is 17.8. The molecule has 0 amide bonds. The molecule has 0 saturated carbocycles. The first-order valence-corrected chi connectivity index (χ1v) is 8.60. The Hall–Kier alpha value is -2.09. The van der Waals surface area contributed by atoms with E-state index >= 15 is 0 Å². The first kappa shape index (κ1) is 14.5. The van der Waals surface area contributed by atoms with Crippen molar-refractivity contribution in [1.29, 1.82) is 0 Å². The third kappa shape index (κ3) is 2.37. The van der Waals surface area contributed by atoms with E-state index in [0.29, 0.717) is 5.92 Å². The second-order valence-electron chi connectivity index (χ2n) is 7.09. The van der Waals surface area contributed by atoms with Crippen LogP contribution in [-0.4, -0.2) is 6.21 Å². The number of rotatable bonds is 3. The minimum atomic E-state index is 0.257. The van der Waals surface area contributed by atoms with Gasteiger partial charge in [0.25, 0.3) is 0 Å². The molecule has 1 atom stereocenters. The molecule has 1 aliphatic heterocycles. The van der Waals surface area contributed by atoms with Crippen molar-refractivity contribution in [1.82, 2.24) is 0 Å². The highest BCUT2D eigenvalue weighted by atomic mass is 16.3. The molecule has 1 unspecified atom stereocenters. The van der Waals surface area contributed by atoms with Gasteiger partial charge in [-0.1, -0.05) is 44.2 Å². The van der Waals surface area contributed by atoms with Crippen LogP contribution >= 0.6 is 0 Å². The van der Waals surface area contributed by atoms with Crippen molar-refractivity contribution < 1.29 is 4.42 Å². The van der Waals surface area contributed by atoms with Crippen molar-refractivity contribution in [3.05, 3.63) is 47.0 Å². The average Bonchev–Trinajstić information content (AvgIpc) is 3.14. The highest BCUT2D eigenvalue weighted by molar-refractivity contribution is 6.07. The summed E-state index contributed by atoms with van der Waals surface area (Å²) in [4.78, 5) is 4.67. The number of fused-ring (bicyclic) bond motifs is 3. The van der Waals surface area contributed by atoms with E-state index in [2.05, 4.69) is 62.3 Å². The number of aryl methyl sites for hydroxylation is 1. The lowest BCUT2D eigenvalue weighted by Crippen LogP contribution is -1.95.